The third-order valence-electron chi connectivity index (χ3n) is 6.16. The monoisotopic (exact) mass is 426 g/mol. The first-order valence-corrected chi connectivity index (χ1v) is 16.6. The van der Waals surface area contributed by atoms with Gasteiger partial charge >= 0.3 is 0 Å². The quantitative estimate of drug-likeness (QED) is 0.335. The molecule has 4 aromatic rings. The highest BCUT2D eigenvalue weighted by Gasteiger charge is 2.41. The van der Waals surface area contributed by atoms with Crippen LogP contribution >= 0.6 is 0 Å². The van der Waals surface area contributed by atoms with Crippen LogP contribution < -0.4 is 10.4 Å². The Morgan fingerprint density at radius 1 is 0.567 bits per heavy atom. The van der Waals surface area contributed by atoms with Crippen molar-refractivity contribution in [3.63, 3.8) is 0 Å². The van der Waals surface area contributed by atoms with Crippen LogP contribution in [0.1, 0.15) is 11.3 Å². The Morgan fingerprint density at radius 2 is 1.10 bits per heavy atom. The summed E-state index contributed by atoms with van der Waals surface area (Å²) < 4.78 is 7.24. The van der Waals surface area contributed by atoms with Gasteiger partial charge < -0.3 is 4.43 Å². The van der Waals surface area contributed by atoms with E-state index < -0.39 is 16.4 Å². The highest BCUT2D eigenvalue weighted by molar-refractivity contribution is 6.92. The minimum Gasteiger partial charge on any atom is -0.408 e. The van der Waals surface area contributed by atoms with E-state index in [2.05, 4.69) is 129 Å². The molecule has 1 unspecified atom stereocenters. The summed E-state index contributed by atoms with van der Waals surface area (Å²) >= 11 is 0. The van der Waals surface area contributed by atoms with Crippen LogP contribution in [0.25, 0.3) is 10.8 Å². The minimum atomic E-state index is -2.12. The SMILES string of the molecule is C[Si](C)(OC(c1cccc2ccccc12)[Si](C)(C)c1ccccc1)c1ccccc1. The second-order valence-electron chi connectivity index (χ2n) is 9.03. The highest BCUT2D eigenvalue weighted by Crippen LogP contribution is 2.35. The van der Waals surface area contributed by atoms with Crippen molar-refractivity contribution in [1.29, 1.82) is 0 Å². The molecule has 0 radical (unpaired) electrons. The molecule has 0 spiro atoms. The Hall–Kier alpha value is -2.47. The molecule has 0 heterocycles. The second-order valence-corrected chi connectivity index (χ2v) is 17.4. The third-order valence-corrected chi connectivity index (χ3v) is 12.5. The van der Waals surface area contributed by atoms with Crippen LogP contribution in [0.15, 0.2) is 103 Å². The maximum absolute atomic E-state index is 7.24. The van der Waals surface area contributed by atoms with Crippen molar-refractivity contribution in [1.82, 2.24) is 0 Å². The van der Waals surface area contributed by atoms with Crippen LogP contribution in [0, 0.1) is 0 Å². The first kappa shape index (κ1) is 20.8. The Labute approximate surface area is 182 Å². The molecule has 1 atom stereocenters. The molecule has 0 aromatic heterocycles. The Balaban J connectivity index is 1.87. The molecule has 0 aliphatic rings. The fourth-order valence-electron chi connectivity index (χ4n) is 4.30. The summed E-state index contributed by atoms with van der Waals surface area (Å²) in [5, 5.41) is 5.36. The second kappa shape index (κ2) is 8.34. The lowest BCUT2D eigenvalue weighted by molar-refractivity contribution is 0.275. The van der Waals surface area contributed by atoms with Crippen molar-refractivity contribution in [3.8, 4) is 0 Å². The molecule has 30 heavy (non-hydrogen) atoms. The fourth-order valence-corrected chi connectivity index (χ4v) is 10.6. The van der Waals surface area contributed by atoms with Crippen LogP contribution in [-0.4, -0.2) is 16.4 Å². The molecule has 0 amide bonds. The highest BCUT2D eigenvalue weighted by atomic mass is 28.4. The zero-order valence-corrected chi connectivity index (χ0v) is 20.3. The van der Waals surface area contributed by atoms with Crippen LogP contribution in [0.3, 0.4) is 0 Å². The van der Waals surface area contributed by atoms with E-state index in [-0.39, 0.29) is 5.73 Å². The van der Waals surface area contributed by atoms with Gasteiger partial charge in [-0.3, -0.25) is 0 Å². The molecule has 0 saturated heterocycles. The normalized spacial score (nSPS) is 13.3. The van der Waals surface area contributed by atoms with Gasteiger partial charge in [0, 0.05) is 0 Å². The van der Waals surface area contributed by atoms with Crippen molar-refractivity contribution in [2.24, 2.45) is 0 Å². The summed E-state index contributed by atoms with van der Waals surface area (Å²) in [5.74, 6) is 0. The first-order valence-electron chi connectivity index (χ1n) is 10.7. The van der Waals surface area contributed by atoms with E-state index in [1.54, 1.807) is 0 Å². The molecule has 1 nitrogen and oxygen atoms in total. The summed E-state index contributed by atoms with van der Waals surface area (Å²) in [6.45, 7) is 9.56. The van der Waals surface area contributed by atoms with E-state index in [0.29, 0.717) is 0 Å². The zero-order chi connectivity index (χ0) is 21.2. The van der Waals surface area contributed by atoms with Crippen molar-refractivity contribution in [2.75, 3.05) is 0 Å². The van der Waals surface area contributed by atoms with E-state index in [9.17, 15) is 0 Å². The summed E-state index contributed by atoms with van der Waals surface area (Å²) in [5.41, 5.74) is 1.40. The van der Waals surface area contributed by atoms with Crippen molar-refractivity contribution >= 4 is 37.5 Å². The Morgan fingerprint density at radius 3 is 1.77 bits per heavy atom. The van der Waals surface area contributed by atoms with Gasteiger partial charge in [0.2, 0.25) is 8.32 Å². The topological polar surface area (TPSA) is 9.23 Å². The molecule has 0 bridgehead atoms. The van der Waals surface area contributed by atoms with Crippen LogP contribution in [-0.2, 0) is 4.43 Å². The molecule has 3 heteroatoms. The van der Waals surface area contributed by atoms with Gasteiger partial charge in [-0.1, -0.05) is 121 Å². The van der Waals surface area contributed by atoms with Crippen molar-refractivity contribution in [3.05, 3.63) is 109 Å². The Bertz CT molecular complexity index is 1120. The van der Waals surface area contributed by atoms with Crippen LogP contribution in [0.2, 0.25) is 26.2 Å². The predicted molar refractivity (Wildman–Crippen MR) is 135 cm³/mol. The van der Waals surface area contributed by atoms with Crippen LogP contribution in [0.5, 0.6) is 0 Å². The van der Waals surface area contributed by atoms with Crippen LogP contribution in [0.4, 0.5) is 0 Å². The van der Waals surface area contributed by atoms with E-state index >= 15 is 0 Å². The van der Waals surface area contributed by atoms with E-state index in [0.717, 1.165) is 0 Å². The molecule has 0 aliphatic heterocycles. The lowest BCUT2D eigenvalue weighted by Gasteiger charge is -2.39. The number of fused-ring (bicyclic) bond motifs is 1. The molecule has 4 aromatic carbocycles. The van der Waals surface area contributed by atoms with Gasteiger partial charge in [-0.25, -0.2) is 0 Å². The summed E-state index contributed by atoms with van der Waals surface area (Å²) in [6.07, 6.45) is 0. The molecule has 0 aliphatic carbocycles. The predicted octanol–water partition coefficient (Wildman–Crippen LogP) is 6.16. The van der Waals surface area contributed by atoms with Crippen molar-refractivity contribution in [2.45, 2.75) is 31.9 Å². The van der Waals surface area contributed by atoms with Gasteiger partial charge in [-0.2, -0.15) is 0 Å². The number of hydrogen-bond acceptors (Lipinski definition) is 1. The third kappa shape index (κ3) is 4.06. The van der Waals surface area contributed by atoms with Gasteiger partial charge in [0.05, 0.1) is 5.73 Å². The number of rotatable bonds is 6. The number of benzene rings is 4. The van der Waals surface area contributed by atoms with Gasteiger partial charge in [0.25, 0.3) is 0 Å². The van der Waals surface area contributed by atoms with Gasteiger partial charge in [-0.05, 0) is 34.6 Å². The van der Waals surface area contributed by atoms with Gasteiger partial charge in [-0.15, -0.1) is 0 Å². The van der Waals surface area contributed by atoms with E-state index in [4.69, 9.17) is 4.43 Å². The molecule has 152 valence electrons. The standard InChI is InChI=1S/C27H30OSi2/c1-29(2,23-16-7-5-8-17-23)27(28-30(3,4)24-18-9-6-10-19-24)26-21-13-15-22-14-11-12-20-25(22)26/h5-21,27H,1-4H3. The molecule has 0 saturated carbocycles. The largest absolute Gasteiger partial charge is 0.408 e. The minimum absolute atomic E-state index is 0.0767. The first-order chi connectivity index (χ1) is 14.4. The van der Waals surface area contributed by atoms with Gasteiger partial charge in [0.1, 0.15) is 8.07 Å². The molecule has 4 rings (SSSR count). The Kier molecular flexibility index (Phi) is 5.78. The molecular weight excluding hydrogens is 396 g/mol. The fraction of sp³-hybridized carbons (Fsp3) is 0.185. The number of hydrogen-bond donors (Lipinski definition) is 0. The summed E-state index contributed by atoms with van der Waals surface area (Å²) in [4.78, 5) is 0. The maximum atomic E-state index is 7.24. The van der Waals surface area contributed by atoms with Gasteiger partial charge in [0.15, 0.2) is 0 Å². The lowest BCUT2D eigenvalue weighted by atomic mass is 10.1. The average molecular weight is 427 g/mol. The van der Waals surface area contributed by atoms with Crippen molar-refractivity contribution < 1.29 is 4.43 Å². The van der Waals surface area contributed by atoms with E-state index in [1.165, 1.54) is 26.7 Å². The summed E-state index contributed by atoms with van der Waals surface area (Å²) in [7, 11) is -4.12. The van der Waals surface area contributed by atoms with E-state index in [1.807, 2.05) is 0 Å². The summed E-state index contributed by atoms with van der Waals surface area (Å²) in [6, 6.07) is 37.1. The zero-order valence-electron chi connectivity index (χ0n) is 18.3. The lowest BCUT2D eigenvalue weighted by Crippen LogP contribution is -2.55. The smallest absolute Gasteiger partial charge is 0.218 e. The average Bonchev–Trinajstić information content (AvgIpc) is 2.78. The maximum Gasteiger partial charge on any atom is 0.218 e. The molecular formula is C27H30OSi2. The molecule has 0 fully saturated rings. The molecule has 0 N–H and O–H groups in total.